The van der Waals surface area contributed by atoms with Crippen LogP contribution in [-0.4, -0.2) is 36.1 Å². The molecule has 8 heteroatoms. The minimum atomic E-state index is -0.440. The molecule has 0 bridgehead atoms. The van der Waals surface area contributed by atoms with E-state index in [9.17, 15) is 9.59 Å². The Morgan fingerprint density at radius 2 is 1.76 bits per heavy atom. The summed E-state index contributed by atoms with van der Waals surface area (Å²) in [5.41, 5.74) is 1.76. The third-order valence-corrected chi connectivity index (χ3v) is 3.98. The predicted molar refractivity (Wildman–Crippen MR) is 109 cm³/mol. The Bertz CT molecular complexity index is 1050. The number of rotatable bonds is 6. The average Bonchev–Trinajstić information content (AvgIpc) is 2.73. The first-order valence-corrected chi connectivity index (χ1v) is 8.75. The van der Waals surface area contributed by atoms with E-state index < -0.39 is 11.9 Å². The summed E-state index contributed by atoms with van der Waals surface area (Å²) in [7, 11) is 2.85. The van der Waals surface area contributed by atoms with Gasteiger partial charge >= 0.3 is 5.97 Å². The van der Waals surface area contributed by atoms with Crippen molar-refractivity contribution in [1.29, 1.82) is 0 Å². The average molecular weight is 392 g/mol. The van der Waals surface area contributed by atoms with Gasteiger partial charge in [-0.15, -0.1) is 0 Å². The van der Waals surface area contributed by atoms with Crippen molar-refractivity contribution in [2.45, 2.75) is 6.92 Å². The van der Waals surface area contributed by atoms with Gasteiger partial charge in [-0.05, 0) is 37.3 Å². The molecule has 0 unspecified atom stereocenters. The fourth-order valence-electron chi connectivity index (χ4n) is 2.67. The monoisotopic (exact) mass is 392 g/mol. The van der Waals surface area contributed by atoms with Gasteiger partial charge in [0, 0.05) is 11.8 Å². The van der Waals surface area contributed by atoms with Crippen LogP contribution in [0.25, 0.3) is 0 Å². The van der Waals surface area contributed by atoms with Crippen molar-refractivity contribution < 1.29 is 19.1 Å². The smallest absolute Gasteiger partial charge is 0.337 e. The minimum Gasteiger partial charge on any atom is -0.495 e. The van der Waals surface area contributed by atoms with Crippen molar-refractivity contribution >= 4 is 29.1 Å². The van der Waals surface area contributed by atoms with Gasteiger partial charge in [0.05, 0.1) is 25.5 Å². The highest BCUT2D eigenvalue weighted by Gasteiger charge is 2.14. The molecule has 0 aliphatic carbocycles. The fraction of sp³-hybridized carbons (Fsp3) is 0.143. The number of para-hydroxylation sites is 2. The van der Waals surface area contributed by atoms with Crippen LogP contribution < -0.4 is 15.4 Å². The third kappa shape index (κ3) is 4.86. The molecule has 3 aromatic rings. The number of ether oxygens (including phenoxy) is 2. The molecule has 2 aromatic carbocycles. The predicted octanol–water partition coefficient (Wildman–Crippen LogP) is 3.58. The number of methoxy groups -OCH3 is 2. The third-order valence-electron chi connectivity index (χ3n) is 3.98. The van der Waals surface area contributed by atoms with Crippen molar-refractivity contribution in [2.75, 3.05) is 24.9 Å². The van der Waals surface area contributed by atoms with E-state index in [1.165, 1.54) is 20.3 Å². The van der Waals surface area contributed by atoms with Gasteiger partial charge in [-0.2, -0.15) is 0 Å². The van der Waals surface area contributed by atoms with Crippen LogP contribution in [-0.2, 0) is 4.74 Å². The highest BCUT2D eigenvalue weighted by atomic mass is 16.5. The molecule has 1 amide bonds. The van der Waals surface area contributed by atoms with E-state index in [1.54, 1.807) is 49.4 Å². The maximum atomic E-state index is 12.7. The Kier molecular flexibility index (Phi) is 6.03. The molecule has 0 atom stereocenters. The highest BCUT2D eigenvalue weighted by Crippen LogP contribution is 2.24. The summed E-state index contributed by atoms with van der Waals surface area (Å²) in [5.74, 6) is 0.550. The molecular weight excluding hydrogens is 372 g/mol. The first kappa shape index (κ1) is 19.8. The number of nitrogens with zero attached hydrogens (tertiary/aromatic N) is 2. The van der Waals surface area contributed by atoms with Gasteiger partial charge in [-0.25, -0.2) is 14.8 Å². The first-order chi connectivity index (χ1) is 14.0. The topological polar surface area (TPSA) is 102 Å². The van der Waals surface area contributed by atoms with Gasteiger partial charge in [0.15, 0.2) is 0 Å². The molecule has 29 heavy (non-hydrogen) atoms. The van der Waals surface area contributed by atoms with Gasteiger partial charge in [-0.3, -0.25) is 4.79 Å². The zero-order valence-corrected chi connectivity index (χ0v) is 16.2. The molecule has 0 aliphatic rings. The number of anilines is 3. The SMILES string of the molecule is COC(=O)c1cccc(Nc2cc(C(=O)Nc3ccccc3OC)nc(C)n2)c1. The lowest BCUT2D eigenvalue weighted by atomic mass is 10.2. The Morgan fingerprint density at radius 1 is 0.966 bits per heavy atom. The van der Waals surface area contributed by atoms with E-state index in [-0.39, 0.29) is 5.69 Å². The molecule has 148 valence electrons. The molecule has 0 aliphatic heterocycles. The number of esters is 1. The molecular formula is C21H20N4O4. The second-order valence-corrected chi connectivity index (χ2v) is 6.04. The van der Waals surface area contributed by atoms with Gasteiger partial charge in [0.25, 0.3) is 5.91 Å². The largest absolute Gasteiger partial charge is 0.495 e. The lowest BCUT2D eigenvalue weighted by Crippen LogP contribution is -2.16. The van der Waals surface area contributed by atoms with Crippen LogP contribution in [0.15, 0.2) is 54.6 Å². The molecule has 0 spiro atoms. The van der Waals surface area contributed by atoms with Gasteiger partial charge in [-0.1, -0.05) is 18.2 Å². The van der Waals surface area contributed by atoms with Crippen LogP contribution in [0.2, 0.25) is 0 Å². The summed E-state index contributed by atoms with van der Waals surface area (Å²) < 4.78 is 9.98. The van der Waals surface area contributed by atoms with E-state index in [4.69, 9.17) is 9.47 Å². The summed E-state index contributed by atoms with van der Waals surface area (Å²) in [6.45, 7) is 1.69. The van der Waals surface area contributed by atoms with E-state index in [0.717, 1.165) is 0 Å². The summed E-state index contributed by atoms with van der Waals surface area (Å²) in [4.78, 5) is 32.9. The molecule has 0 saturated carbocycles. The van der Waals surface area contributed by atoms with Crippen molar-refractivity contribution in [3.05, 3.63) is 71.7 Å². The summed E-state index contributed by atoms with van der Waals surface area (Å²) in [5, 5.41) is 5.87. The van der Waals surface area contributed by atoms with E-state index in [0.29, 0.717) is 34.3 Å². The number of carbonyl (C=O) groups excluding carboxylic acids is 2. The maximum absolute atomic E-state index is 12.7. The first-order valence-electron chi connectivity index (χ1n) is 8.75. The van der Waals surface area contributed by atoms with E-state index in [2.05, 4.69) is 20.6 Å². The quantitative estimate of drug-likeness (QED) is 0.618. The molecule has 2 N–H and O–H groups in total. The van der Waals surface area contributed by atoms with Crippen molar-refractivity contribution in [2.24, 2.45) is 0 Å². The molecule has 0 radical (unpaired) electrons. The van der Waals surface area contributed by atoms with Gasteiger partial charge in [0.1, 0.15) is 23.1 Å². The van der Waals surface area contributed by atoms with E-state index >= 15 is 0 Å². The van der Waals surface area contributed by atoms with Gasteiger partial charge in [0.2, 0.25) is 0 Å². The van der Waals surface area contributed by atoms with Crippen LogP contribution in [0.1, 0.15) is 26.7 Å². The van der Waals surface area contributed by atoms with E-state index in [1.807, 2.05) is 6.07 Å². The van der Waals surface area contributed by atoms with Gasteiger partial charge < -0.3 is 20.1 Å². The Morgan fingerprint density at radius 3 is 2.52 bits per heavy atom. The zero-order chi connectivity index (χ0) is 20.8. The molecule has 3 rings (SSSR count). The summed E-state index contributed by atoms with van der Waals surface area (Å²) in [6.07, 6.45) is 0. The maximum Gasteiger partial charge on any atom is 0.337 e. The summed E-state index contributed by atoms with van der Waals surface area (Å²) in [6, 6.07) is 15.4. The van der Waals surface area contributed by atoms with Crippen molar-refractivity contribution in [1.82, 2.24) is 9.97 Å². The summed E-state index contributed by atoms with van der Waals surface area (Å²) >= 11 is 0. The standard InChI is InChI=1S/C21H20N4O4/c1-13-22-17(20(26)25-16-9-4-5-10-18(16)28-2)12-19(23-13)24-15-8-6-7-14(11-15)21(27)29-3/h4-12H,1-3H3,(H,25,26)(H,22,23,24). The van der Waals surface area contributed by atoms with Crippen LogP contribution in [0.4, 0.5) is 17.2 Å². The second kappa shape index (κ2) is 8.83. The number of nitrogens with one attached hydrogen (secondary N) is 2. The number of carbonyl (C=O) groups is 2. The Labute approximate surface area is 167 Å². The molecule has 0 fully saturated rings. The lowest BCUT2D eigenvalue weighted by molar-refractivity contribution is 0.0600. The second-order valence-electron chi connectivity index (χ2n) is 6.04. The number of benzene rings is 2. The molecule has 1 heterocycles. The highest BCUT2D eigenvalue weighted by molar-refractivity contribution is 6.04. The normalized spacial score (nSPS) is 10.2. The van der Waals surface area contributed by atoms with Crippen LogP contribution in [0, 0.1) is 6.92 Å². The number of hydrogen-bond acceptors (Lipinski definition) is 7. The lowest BCUT2D eigenvalue weighted by Gasteiger charge is -2.11. The van der Waals surface area contributed by atoms with Crippen molar-refractivity contribution in [3.8, 4) is 5.75 Å². The number of hydrogen-bond donors (Lipinski definition) is 2. The number of aromatic nitrogens is 2. The van der Waals surface area contributed by atoms with Crippen LogP contribution in [0.3, 0.4) is 0 Å². The molecule has 8 nitrogen and oxygen atoms in total. The van der Waals surface area contributed by atoms with Crippen LogP contribution in [0.5, 0.6) is 5.75 Å². The minimum absolute atomic E-state index is 0.190. The zero-order valence-electron chi connectivity index (χ0n) is 16.2. The van der Waals surface area contributed by atoms with Crippen molar-refractivity contribution in [3.63, 3.8) is 0 Å². The molecule has 1 aromatic heterocycles. The Hall–Kier alpha value is -3.94. The number of aryl methyl sites for hydroxylation is 1. The fourth-order valence-corrected chi connectivity index (χ4v) is 2.67. The number of amides is 1. The molecule has 0 saturated heterocycles. The van der Waals surface area contributed by atoms with Crippen LogP contribution >= 0.6 is 0 Å². The Balaban J connectivity index is 1.83.